The van der Waals surface area contributed by atoms with E-state index in [0.717, 1.165) is 34.4 Å². The smallest absolute Gasteiger partial charge is 0.204 e. The normalized spacial score (nSPS) is 11.8. The van der Waals surface area contributed by atoms with Crippen LogP contribution in [-0.4, -0.2) is 14.5 Å². The number of hydrogen-bond donors (Lipinski definition) is 0. The average molecular weight is 374 g/mol. The molecule has 0 saturated heterocycles. The summed E-state index contributed by atoms with van der Waals surface area (Å²) in [6, 6.07) is 6.50. The van der Waals surface area contributed by atoms with Gasteiger partial charge in [0, 0.05) is 16.5 Å². The number of fused-ring (bicyclic) bond motifs is 1. The maximum Gasteiger partial charge on any atom is 0.204 e. The Labute approximate surface area is 158 Å². The summed E-state index contributed by atoms with van der Waals surface area (Å²) >= 11 is 8.17. The second kappa shape index (κ2) is 7.30. The van der Waals surface area contributed by atoms with Gasteiger partial charge in [-0.05, 0) is 56.3 Å². The minimum atomic E-state index is 0.262. The molecule has 25 heavy (non-hydrogen) atoms. The molecular weight excluding hydrogens is 350 g/mol. The van der Waals surface area contributed by atoms with Gasteiger partial charge in [0.05, 0.1) is 11.2 Å². The van der Waals surface area contributed by atoms with Crippen LogP contribution >= 0.6 is 22.9 Å². The second-order valence-corrected chi connectivity index (χ2v) is 8.25. The molecule has 2 heterocycles. The summed E-state index contributed by atoms with van der Waals surface area (Å²) in [5.74, 6) is 0.404. The molecule has 0 spiro atoms. The number of imidazole rings is 1. The first-order valence-electron chi connectivity index (χ1n) is 8.71. The van der Waals surface area contributed by atoms with E-state index in [2.05, 4.69) is 62.0 Å². The van der Waals surface area contributed by atoms with E-state index in [4.69, 9.17) is 16.6 Å². The summed E-state index contributed by atoms with van der Waals surface area (Å²) in [6.07, 6.45) is 3.93. The Morgan fingerprint density at radius 3 is 2.64 bits per heavy atom. The van der Waals surface area contributed by atoms with Gasteiger partial charge < -0.3 is 4.57 Å². The van der Waals surface area contributed by atoms with Crippen LogP contribution in [0.1, 0.15) is 56.6 Å². The van der Waals surface area contributed by atoms with Crippen LogP contribution in [0.5, 0.6) is 0 Å². The predicted molar refractivity (Wildman–Crippen MR) is 109 cm³/mol. The van der Waals surface area contributed by atoms with E-state index in [0.29, 0.717) is 11.2 Å². The van der Waals surface area contributed by atoms with Gasteiger partial charge in [0.2, 0.25) is 5.28 Å². The Morgan fingerprint density at radius 2 is 2.00 bits per heavy atom. The molecule has 0 fully saturated rings. The zero-order valence-corrected chi connectivity index (χ0v) is 16.8. The molecule has 0 aliphatic carbocycles. The zero-order chi connectivity index (χ0) is 18.1. The molecule has 3 rings (SSSR count). The van der Waals surface area contributed by atoms with Crippen molar-refractivity contribution in [1.29, 1.82) is 0 Å². The number of halogens is 1. The topological polar surface area (TPSA) is 30.7 Å². The van der Waals surface area contributed by atoms with Crippen molar-refractivity contribution < 1.29 is 0 Å². The van der Waals surface area contributed by atoms with E-state index in [1.807, 2.05) is 6.08 Å². The number of aryl methyl sites for hydroxylation is 1. The molecule has 3 aromatic rings. The molecule has 0 saturated carbocycles. The summed E-state index contributed by atoms with van der Waals surface area (Å²) in [7, 11) is 0. The molecule has 2 aromatic heterocycles. The van der Waals surface area contributed by atoms with Gasteiger partial charge >= 0.3 is 0 Å². The Kier molecular flexibility index (Phi) is 5.30. The first kappa shape index (κ1) is 18.2. The highest BCUT2D eigenvalue weighted by atomic mass is 35.5. The van der Waals surface area contributed by atoms with Crippen molar-refractivity contribution in [2.75, 3.05) is 0 Å². The van der Waals surface area contributed by atoms with Crippen LogP contribution in [0.2, 0.25) is 5.28 Å². The average Bonchev–Trinajstić information content (AvgIpc) is 3.12. The van der Waals surface area contributed by atoms with Crippen LogP contribution in [0, 0.1) is 0 Å². The fraction of sp³-hybridized carbons (Fsp3) is 0.400. The second-order valence-electron chi connectivity index (χ2n) is 6.83. The van der Waals surface area contributed by atoms with Gasteiger partial charge in [-0.3, -0.25) is 0 Å². The van der Waals surface area contributed by atoms with Crippen molar-refractivity contribution in [3.63, 3.8) is 0 Å². The van der Waals surface area contributed by atoms with Crippen LogP contribution in [0.25, 0.3) is 21.6 Å². The van der Waals surface area contributed by atoms with Gasteiger partial charge in [0.15, 0.2) is 0 Å². The number of aromatic nitrogens is 3. The van der Waals surface area contributed by atoms with Crippen LogP contribution in [0.3, 0.4) is 0 Å². The lowest BCUT2D eigenvalue weighted by Gasteiger charge is -2.09. The quantitative estimate of drug-likeness (QED) is 0.453. The summed E-state index contributed by atoms with van der Waals surface area (Å²) in [6.45, 7) is 12.5. The van der Waals surface area contributed by atoms with Gasteiger partial charge in [-0.1, -0.05) is 26.0 Å². The van der Waals surface area contributed by atoms with Gasteiger partial charge in [0.1, 0.15) is 10.5 Å². The van der Waals surface area contributed by atoms with Crippen molar-refractivity contribution in [3.05, 3.63) is 46.7 Å². The van der Waals surface area contributed by atoms with Crippen molar-refractivity contribution in [3.8, 4) is 10.6 Å². The predicted octanol–water partition coefficient (Wildman–Crippen LogP) is 6.64. The summed E-state index contributed by atoms with van der Waals surface area (Å²) < 4.78 is 2.07. The number of allylic oxidation sites excluding steroid dienone is 1. The number of para-hydroxylation sites is 1. The lowest BCUT2D eigenvalue weighted by Crippen LogP contribution is -2.00. The molecule has 5 heteroatoms. The molecular formula is C20H24ClN3S. The molecule has 0 bridgehead atoms. The van der Waals surface area contributed by atoms with E-state index in [1.54, 1.807) is 11.3 Å². The number of nitrogens with zero attached hydrogens (tertiary/aromatic N) is 3. The van der Waals surface area contributed by atoms with Crippen molar-refractivity contribution in [1.82, 2.24) is 14.5 Å². The van der Waals surface area contributed by atoms with E-state index >= 15 is 0 Å². The largest absolute Gasteiger partial charge is 0.312 e. The first-order chi connectivity index (χ1) is 11.9. The third-order valence-corrected chi connectivity index (χ3v) is 5.70. The highest BCUT2D eigenvalue weighted by Gasteiger charge is 2.19. The molecule has 0 radical (unpaired) electrons. The highest BCUT2D eigenvalue weighted by Crippen LogP contribution is 2.37. The van der Waals surface area contributed by atoms with Crippen LogP contribution in [-0.2, 0) is 6.42 Å². The van der Waals surface area contributed by atoms with Crippen molar-refractivity contribution >= 4 is 34.0 Å². The SMILES string of the molecule is C=CCCc1sc(-c2cccc3c2nc(Cl)n3C(C)C)nc1C(C)C. The first-order valence-corrected chi connectivity index (χ1v) is 9.90. The molecule has 1 aromatic carbocycles. The summed E-state index contributed by atoms with van der Waals surface area (Å²) in [4.78, 5) is 10.9. The molecule has 0 amide bonds. The molecule has 0 atom stereocenters. The molecule has 0 aliphatic rings. The minimum Gasteiger partial charge on any atom is -0.312 e. The molecule has 0 aliphatic heterocycles. The fourth-order valence-electron chi connectivity index (χ4n) is 3.09. The van der Waals surface area contributed by atoms with Crippen molar-refractivity contribution in [2.24, 2.45) is 0 Å². The van der Waals surface area contributed by atoms with E-state index in [1.165, 1.54) is 10.6 Å². The Morgan fingerprint density at radius 1 is 1.24 bits per heavy atom. The Hall–Kier alpha value is -1.65. The summed E-state index contributed by atoms with van der Waals surface area (Å²) in [5.41, 5.74) is 4.25. The Balaban J connectivity index is 2.16. The maximum absolute atomic E-state index is 6.40. The van der Waals surface area contributed by atoms with E-state index < -0.39 is 0 Å². The van der Waals surface area contributed by atoms with Gasteiger partial charge in [-0.2, -0.15) is 0 Å². The van der Waals surface area contributed by atoms with Crippen LogP contribution in [0.15, 0.2) is 30.9 Å². The lowest BCUT2D eigenvalue weighted by molar-refractivity contribution is 0.618. The third-order valence-electron chi connectivity index (χ3n) is 4.27. The Bertz CT molecular complexity index is 905. The van der Waals surface area contributed by atoms with Gasteiger partial charge in [0.25, 0.3) is 0 Å². The lowest BCUT2D eigenvalue weighted by atomic mass is 10.1. The molecule has 3 nitrogen and oxygen atoms in total. The highest BCUT2D eigenvalue weighted by molar-refractivity contribution is 7.15. The number of hydrogen-bond acceptors (Lipinski definition) is 3. The van der Waals surface area contributed by atoms with Gasteiger partial charge in [-0.25, -0.2) is 9.97 Å². The maximum atomic E-state index is 6.40. The fourth-order valence-corrected chi connectivity index (χ4v) is 4.72. The number of thiazole rings is 1. The van der Waals surface area contributed by atoms with Crippen molar-refractivity contribution in [2.45, 2.75) is 52.5 Å². The standard InChI is InChI=1S/C20H24ClN3S/c1-6-7-11-16-17(12(2)3)22-19(25-16)14-9-8-10-15-18(14)23-20(21)24(15)13(4)5/h6,8-10,12-13H,1,7,11H2,2-5H3. The third kappa shape index (κ3) is 3.38. The number of benzene rings is 1. The van der Waals surface area contributed by atoms with Crippen LogP contribution in [0.4, 0.5) is 0 Å². The van der Waals surface area contributed by atoms with Crippen LogP contribution < -0.4 is 0 Å². The molecule has 0 N–H and O–H groups in total. The minimum absolute atomic E-state index is 0.262. The molecule has 0 unspecified atom stereocenters. The number of rotatable bonds is 6. The summed E-state index contributed by atoms with van der Waals surface area (Å²) in [5, 5.41) is 1.56. The monoisotopic (exact) mass is 373 g/mol. The molecule has 132 valence electrons. The van der Waals surface area contributed by atoms with Gasteiger partial charge in [-0.15, -0.1) is 17.9 Å². The van der Waals surface area contributed by atoms with E-state index in [-0.39, 0.29) is 6.04 Å². The zero-order valence-electron chi connectivity index (χ0n) is 15.2. The van der Waals surface area contributed by atoms with E-state index in [9.17, 15) is 0 Å².